The third-order valence-electron chi connectivity index (χ3n) is 5.68. The van der Waals surface area contributed by atoms with Crippen LogP contribution in [0.25, 0.3) is 0 Å². The third kappa shape index (κ3) is 2.27. The number of hydrogen-bond donors (Lipinski definition) is 1. The number of fused-ring (bicyclic) bond motifs is 4. The molecule has 0 fully saturated rings. The lowest BCUT2D eigenvalue weighted by molar-refractivity contribution is 0.101. The SMILES string of the molecule is [B]c1cc2c(cc1C1Nc3ccc(C(C)=O)cc3[C@@H]3C=CCC13)OCO2. The minimum atomic E-state index is 0.0835. The first kappa shape index (κ1) is 15.6. The van der Waals surface area contributed by atoms with Gasteiger partial charge in [-0.2, -0.15) is 0 Å². The molecule has 2 heterocycles. The van der Waals surface area contributed by atoms with Gasteiger partial charge in [0.25, 0.3) is 0 Å². The summed E-state index contributed by atoms with van der Waals surface area (Å²) in [6.07, 6.45) is 5.45. The van der Waals surface area contributed by atoms with Crippen molar-refractivity contribution in [2.24, 2.45) is 5.92 Å². The second-order valence-electron chi connectivity index (χ2n) is 7.17. The molecule has 3 aliphatic rings. The van der Waals surface area contributed by atoms with Crippen molar-refractivity contribution < 1.29 is 14.3 Å². The van der Waals surface area contributed by atoms with Gasteiger partial charge in [-0.15, -0.1) is 0 Å². The van der Waals surface area contributed by atoms with Crippen molar-refractivity contribution in [3.8, 4) is 11.5 Å². The predicted octanol–water partition coefficient (Wildman–Crippen LogP) is 3.24. The van der Waals surface area contributed by atoms with Crippen LogP contribution < -0.4 is 20.3 Å². The number of rotatable bonds is 2. The van der Waals surface area contributed by atoms with Crippen molar-refractivity contribution in [1.82, 2.24) is 0 Å². The van der Waals surface area contributed by atoms with Crippen LogP contribution in [0, 0.1) is 5.92 Å². The van der Waals surface area contributed by atoms with Crippen molar-refractivity contribution in [3.05, 3.63) is 59.2 Å². The van der Waals surface area contributed by atoms with Gasteiger partial charge in [0, 0.05) is 17.2 Å². The average molecular weight is 343 g/mol. The Morgan fingerprint density at radius 3 is 2.77 bits per heavy atom. The van der Waals surface area contributed by atoms with E-state index in [1.165, 1.54) is 5.56 Å². The fourth-order valence-electron chi connectivity index (χ4n) is 4.36. The number of ether oxygens (including phenoxy) is 2. The molecular formula is C21H18BNO3. The molecule has 3 atom stereocenters. The summed E-state index contributed by atoms with van der Waals surface area (Å²) < 4.78 is 11.0. The highest BCUT2D eigenvalue weighted by Gasteiger charge is 2.39. The van der Waals surface area contributed by atoms with E-state index in [2.05, 4.69) is 17.5 Å². The molecule has 2 unspecified atom stereocenters. The van der Waals surface area contributed by atoms with Gasteiger partial charge in [-0.25, -0.2) is 0 Å². The lowest BCUT2D eigenvalue weighted by Gasteiger charge is -2.38. The number of allylic oxidation sites excluding steroid dienone is 2. The molecule has 26 heavy (non-hydrogen) atoms. The third-order valence-corrected chi connectivity index (χ3v) is 5.68. The first-order valence-corrected chi connectivity index (χ1v) is 8.89. The zero-order valence-electron chi connectivity index (χ0n) is 14.5. The van der Waals surface area contributed by atoms with Gasteiger partial charge in [-0.05, 0) is 60.7 Å². The molecule has 128 valence electrons. The standard InChI is InChI=1S/C21H18BNO3/c1-11(24)12-5-6-18-15(7-12)13-3-2-4-14(13)21(23-18)16-8-19-20(9-17(16)22)26-10-25-19/h2-3,5-9,13-14,21,23H,4,10H2,1H3/t13-,14?,21?/m1/s1. The minimum Gasteiger partial charge on any atom is -0.454 e. The van der Waals surface area contributed by atoms with Crippen LogP contribution in [0.2, 0.25) is 0 Å². The van der Waals surface area contributed by atoms with Crippen LogP contribution in [0.3, 0.4) is 0 Å². The summed E-state index contributed by atoms with van der Waals surface area (Å²) in [6, 6.07) is 9.85. The van der Waals surface area contributed by atoms with Gasteiger partial charge >= 0.3 is 0 Å². The second kappa shape index (κ2) is 5.66. The fraction of sp³-hybridized carbons (Fsp3) is 0.286. The highest BCUT2D eigenvalue weighted by atomic mass is 16.7. The lowest BCUT2D eigenvalue weighted by atomic mass is 9.73. The molecule has 0 saturated carbocycles. The van der Waals surface area contributed by atoms with Crippen molar-refractivity contribution >= 4 is 24.8 Å². The van der Waals surface area contributed by atoms with Crippen LogP contribution >= 0.6 is 0 Å². The topological polar surface area (TPSA) is 47.6 Å². The van der Waals surface area contributed by atoms with E-state index < -0.39 is 0 Å². The van der Waals surface area contributed by atoms with Crippen LogP contribution in [0.1, 0.15) is 46.8 Å². The Labute approximate surface area is 153 Å². The van der Waals surface area contributed by atoms with E-state index in [1.807, 2.05) is 30.3 Å². The number of Topliss-reactive ketones (excluding diaryl/α,β-unsaturated/α-hetero) is 1. The summed E-state index contributed by atoms with van der Waals surface area (Å²) in [5.41, 5.74) is 4.75. The Bertz CT molecular complexity index is 953. The van der Waals surface area contributed by atoms with E-state index in [9.17, 15) is 4.79 Å². The number of carbonyl (C=O) groups is 1. The fourth-order valence-corrected chi connectivity index (χ4v) is 4.36. The van der Waals surface area contributed by atoms with Crippen LogP contribution in [0.15, 0.2) is 42.5 Å². The van der Waals surface area contributed by atoms with Gasteiger partial charge in [-0.3, -0.25) is 4.79 Å². The summed E-state index contributed by atoms with van der Waals surface area (Å²) in [5.74, 6) is 2.17. The monoisotopic (exact) mass is 343 g/mol. The van der Waals surface area contributed by atoms with Gasteiger partial charge in [-0.1, -0.05) is 17.6 Å². The number of nitrogens with one attached hydrogen (secondary N) is 1. The van der Waals surface area contributed by atoms with E-state index in [4.69, 9.17) is 17.3 Å². The smallest absolute Gasteiger partial charge is 0.231 e. The number of hydrogen-bond acceptors (Lipinski definition) is 4. The summed E-state index contributed by atoms with van der Waals surface area (Å²) in [7, 11) is 6.35. The molecule has 1 N–H and O–H groups in total. The van der Waals surface area contributed by atoms with E-state index in [1.54, 1.807) is 6.92 Å². The molecule has 0 spiro atoms. The maximum absolute atomic E-state index is 11.8. The summed E-state index contributed by atoms with van der Waals surface area (Å²) >= 11 is 0. The van der Waals surface area contributed by atoms with Crippen molar-refractivity contribution in [1.29, 1.82) is 0 Å². The summed E-state index contributed by atoms with van der Waals surface area (Å²) in [6.45, 7) is 1.84. The largest absolute Gasteiger partial charge is 0.454 e. The van der Waals surface area contributed by atoms with E-state index >= 15 is 0 Å². The van der Waals surface area contributed by atoms with Crippen LogP contribution in [0.4, 0.5) is 5.69 Å². The zero-order chi connectivity index (χ0) is 17.8. The Balaban J connectivity index is 1.59. The minimum absolute atomic E-state index is 0.0835. The molecule has 4 nitrogen and oxygen atoms in total. The summed E-state index contributed by atoms with van der Waals surface area (Å²) in [5, 5.41) is 3.66. The van der Waals surface area contributed by atoms with Crippen LogP contribution in [-0.2, 0) is 0 Å². The Kier molecular flexibility index (Phi) is 3.39. The van der Waals surface area contributed by atoms with Crippen molar-refractivity contribution in [2.75, 3.05) is 12.1 Å². The first-order valence-electron chi connectivity index (χ1n) is 8.89. The van der Waals surface area contributed by atoms with Crippen LogP contribution in [-0.4, -0.2) is 20.4 Å². The lowest BCUT2D eigenvalue weighted by Crippen LogP contribution is -2.32. The van der Waals surface area contributed by atoms with Crippen molar-refractivity contribution in [3.63, 3.8) is 0 Å². The van der Waals surface area contributed by atoms with Crippen molar-refractivity contribution in [2.45, 2.75) is 25.3 Å². The molecule has 0 bridgehead atoms. The molecule has 2 aliphatic heterocycles. The van der Waals surface area contributed by atoms with Gasteiger partial charge in [0.15, 0.2) is 17.3 Å². The van der Waals surface area contributed by atoms with Gasteiger partial charge in [0.1, 0.15) is 7.85 Å². The van der Waals surface area contributed by atoms with E-state index in [0.29, 0.717) is 17.1 Å². The number of ketones is 1. The number of anilines is 1. The molecule has 5 heteroatoms. The maximum atomic E-state index is 11.8. The highest BCUT2D eigenvalue weighted by Crippen LogP contribution is 2.50. The quantitative estimate of drug-likeness (QED) is 0.517. The normalized spacial score (nSPS) is 24.7. The Morgan fingerprint density at radius 2 is 1.96 bits per heavy atom. The predicted molar refractivity (Wildman–Crippen MR) is 101 cm³/mol. The molecule has 0 saturated heterocycles. The molecule has 2 aromatic carbocycles. The molecule has 1 aliphatic carbocycles. The average Bonchev–Trinajstić information content (AvgIpc) is 3.29. The molecule has 2 aromatic rings. The van der Waals surface area contributed by atoms with Crippen LogP contribution in [0.5, 0.6) is 11.5 Å². The molecule has 2 radical (unpaired) electrons. The van der Waals surface area contributed by atoms with E-state index in [-0.39, 0.29) is 24.5 Å². The Morgan fingerprint density at radius 1 is 1.15 bits per heavy atom. The molecule has 5 rings (SSSR count). The number of benzene rings is 2. The summed E-state index contributed by atoms with van der Waals surface area (Å²) in [4.78, 5) is 11.8. The van der Waals surface area contributed by atoms with E-state index in [0.717, 1.165) is 29.0 Å². The van der Waals surface area contributed by atoms with Gasteiger partial charge in [0.05, 0.1) is 6.04 Å². The molecule has 0 amide bonds. The molecule has 0 aromatic heterocycles. The first-order chi connectivity index (χ1) is 12.6. The molecular weight excluding hydrogens is 325 g/mol. The highest BCUT2D eigenvalue weighted by molar-refractivity contribution is 6.33. The maximum Gasteiger partial charge on any atom is 0.231 e. The second-order valence-corrected chi connectivity index (χ2v) is 7.17. The number of carbonyl (C=O) groups excluding carboxylic acids is 1. The zero-order valence-corrected chi connectivity index (χ0v) is 14.5. The van der Waals surface area contributed by atoms with Gasteiger partial charge in [0.2, 0.25) is 6.79 Å². The Hall–Kier alpha value is -2.69. The van der Waals surface area contributed by atoms with Gasteiger partial charge < -0.3 is 14.8 Å².